The number of para-hydroxylation sites is 1. The number of imide groups is 1. The second-order valence-corrected chi connectivity index (χ2v) is 18.1. The van der Waals surface area contributed by atoms with E-state index < -0.39 is 46.7 Å². The summed E-state index contributed by atoms with van der Waals surface area (Å²) >= 11 is 6.70. The number of aliphatic hydroxyl groups excluding tert-OH is 1. The second kappa shape index (κ2) is 18.8. The molecule has 0 bridgehead atoms. The predicted molar refractivity (Wildman–Crippen MR) is 245 cm³/mol. The average Bonchev–Trinajstić information content (AvgIpc) is 3.81. The van der Waals surface area contributed by atoms with Crippen LogP contribution in [0.1, 0.15) is 79.3 Å². The standard InChI is InChI=1S/C49H52ClF2N7O8/c1-27-39-37(25-34(51)42(50)41(39)40-32(45(53)62)15-16-35(43(40)52)65-24-23-60)67-49(27,29-7-4-3-5-8-29)26-54-30-13-11-28(12-14-30)47(63)58-20-17-31(18-21-58)66-36-10-6-9-33-44(36)57(2)56-46(33)59-22-19-38(61)55-48(59)64/h3-10,15-16,25,27-28,30-31,54,60H,11-14,17-24,26H2,1-2H3,(H2,53,62)(H,55,61,64)/t27-,28?,30?,49-/m0/s1. The number of fused-ring (bicyclic) bond motifs is 2. The number of nitrogens with zero attached hydrogens (tertiary/aromatic N) is 4. The van der Waals surface area contributed by atoms with Crippen LogP contribution in [-0.4, -0.2) is 95.1 Å². The number of hydrogen-bond donors (Lipinski definition) is 4. The van der Waals surface area contributed by atoms with Crippen LogP contribution >= 0.6 is 11.6 Å². The van der Waals surface area contributed by atoms with E-state index in [1.54, 1.807) is 11.7 Å². The van der Waals surface area contributed by atoms with Crippen LogP contribution in [0.3, 0.4) is 0 Å². The highest BCUT2D eigenvalue weighted by Gasteiger charge is 2.50. The maximum absolute atomic E-state index is 16.4. The minimum Gasteiger partial charge on any atom is -0.488 e. The van der Waals surface area contributed by atoms with Crippen LogP contribution in [0.4, 0.5) is 19.4 Å². The van der Waals surface area contributed by atoms with E-state index in [-0.39, 0.29) is 84.2 Å². The summed E-state index contributed by atoms with van der Waals surface area (Å²) in [7, 11) is 1.79. The molecule has 4 heterocycles. The van der Waals surface area contributed by atoms with E-state index in [0.29, 0.717) is 55.9 Å². The number of aliphatic hydroxyl groups is 1. The van der Waals surface area contributed by atoms with E-state index in [1.807, 2.05) is 60.4 Å². The smallest absolute Gasteiger partial charge is 0.329 e. The van der Waals surface area contributed by atoms with Gasteiger partial charge in [-0.05, 0) is 55.5 Å². The number of primary amides is 1. The number of anilines is 1. The molecule has 5 aromatic rings. The number of ether oxygens (including phenoxy) is 3. The topological polar surface area (TPSA) is 191 Å². The van der Waals surface area contributed by atoms with Crippen molar-refractivity contribution in [3.05, 3.63) is 100 Å². The number of halogens is 3. The lowest BCUT2D eigenvalue weighted by Gasteiger charge is -2.38. The molecular formula is C49H52ClF2N7O8. The lowest BCUT2D eigenvalue weighted by atomic mass is 9.77. The third kappa shape index (κ3) is 8.52. The summed E-state index contributed by atoms with van der Waals surface area (Å²) in [5, 5.41) is 20.4. The van der Waals surface area contributed by atoms with E-state index >= 15 is 8.78 Å². The fourth-order valence-electron chi connectivity index (χ4n) is 10.3. The number of piperidine rings is 1. The summed E-state index contributed by atoms with van der Waals surface area (Å²) in [6.45, 7) is 2.91. The minimum absolute atomic E-state index is 0.0318. The average molecular weight is 940 g/mol. The van der Waals surface area contributed by atoms with E-state index in [0.717, 1.165) is 29.3 Å². The van der Waals surface area contributed by atoms with Gasteiger partial charge in [0.15, 0.2) is 23.0 Å². The number of aromatic nitrogens is 2. The Balaban J connectivity index is 0.859. The largest absolute Gasteiger partial charge is 0.488 e. The number of carbonyl (C=O) groups is 4. The highest BCUT2D eigenvalue weighted by Crippen LogP contribution is 2.56. The van der Waals surface area contributed by atoms with Crippen LogP contribution < -0.4 is 35.5 Å². The van der Waals surface area contributed by atoms with Gasteiger partial charge in [-0.15, -0.1) is 0 Å². The van der Waals surface area contributed by atoms with Crippen molar-refractivity contribution in [1.29, 1.82) is 0 Å². The summed E-state index contributed by atoms with van der Waals surface area (Å²) in [6.07, 6.45) is 4.19. The monoisotopic (exact) mass is 939 g/mol. The number of likely N-dealkylation sites (tertiary alicyclic amines) is 1. The van der Waals surface area contributed by atoms with Crippen molar-refractivity contribution in [2.75, 3.05) is 44.3 Å². The Morgan fingerprint density at radius 3 is 2.43 bits per heavy atom. The summed E-state index contributed by atoms with van der Waals surface area (Å²) in [6, 6.07) is 18.3. The van der Waals surface area contributed by atoms with Crippen LogP contribution in [0.2, 0.25) is 5.02 Å². The zero-order chi connectivity index (χ0) is 47.1. The zero-order valence-corrected chi connectivity index (χ0v) is 37.9. The van der Waals surface area contributed by atoms with Crippen molar-refractivity contribution >= 4 is 52.1 Å². The van der Waals surface area contributed by atoms with Crippen molar-refractivity contribution in [3.63, 3.8) is 0 Å². The lowest BCUT2D eigenvalue weighted by molar-refractivity contribution is -0.138. The molecule has 0 radical (unpaired) electrons. The third-order valence-electron chi connectivity index (χ3n) is 13.8. The van der Waals surface area contributed by atoms with Gasteiger partial charge in [-0.3, -0.25) is 29.3 Å². The quantitative estimate of drug-likeness (QED) is 0.0989. The van der Waals surface area contributed by atoms with Crippen LogP contribution in [0, 0.1) is 17.6 Å². The molecule has 4 aromatic carbocycles. The molecule has 4 aliphatic rings. The molecule has 5 amide bonds. The Hall–Kier alpha value is -6.30. The molecule has 1 aromatic heterocycles. The fraction of sp³-hybridized carbons (Fsp3) is 0.408. The molecule has 0 unspecified atom stereocenters. The van der Waals surface area contributed by atoms with E-state index in [9.17, 15) is 24.3 Å². The van der Waals surface area contributed by atoms with Crippen LogP contribution in [-0.2, 0) is 22.2 Å². The molecule has 5 N–H and O–H groups in total. The summed E-state index contributed by atoms with van der Waals surface area (Å²) in [5.74, 6) is -2.72. The maximum Gasteiger partial charge on any atom is 0.329 e. The van der Waals surface area contributed by atoms with Gasteiger partial charge in [-0.2, -0.15) is 5.10 Å². The molecular weight excluding hydrogens is 888 g/mol. The van der Waals surface area contributed by atoms with E-state index in [1.165, 1.54) is 23.1 Å². The number of aryl methyl sites for hydroxylation is 1. The fourth-order valence-corrected chi connectivity index (χ4v) is 10.6. The van der Waals surface area contributed by atoms with E-state index in [2.05, 4.69) is 15.7 Å². The molecule has 0 spiro atoms. The molecule has 1 saturated carbocycles. The van der Waals surface area contributed by atoms with Crippen molar-refractivity contribution in [2.24, 2.45) is 18.7 Å². The SMILES string of the molecule is C[C@H]1c2c(cc(F)c(Cl)c2-c2c(C(N)=O)ccc(OCCO)c2F)O[C@]1(CNC1CCC(C(=O)N2CCC(Oc3cccc4c(N5CCC(=O)NC5=O)nn(C)c34)CC2)CC1)c1ccccc1. The third-order valence-corrected chi connectivity index (χ3v) is 14.1. The van der Waals surface area contributed by atoms with E-state index in [4.69, 9.17) is 31.5 Å². The van der Waals surface area contributed by atoms with Crippen molar-refractivity contribution in [1.82, 2.24) is 25.3 Å². The van der Waals surface area contributed by atoms with Gasteiger partial charge in [-0.25, -0.2) is 13.6 Å². The number of amides is 5. The molecule has 18 heteroatoms. The minimum atomic E-state index is -1.13. The first-order valence-corrected chi connectivity index (χ1v) is 23.1. The first kappa shape index (κ1) is 45.8. The number of rotatable bonds is 13. The highest BCUT2D eigenvalue weighted by molar-refractivity contribution is 6.34. The number of nitrogens with two attached hydrogens (primary N) is 1. The lowest BCUT2D eigenvalue weighted by Crippen LogP contribution is -2.49. The number of carbonyl (C=O) groups excluding carboxylic acids is 4. The van der Waals surface area contributed by atoms with Crippen molar-refractivity contribution < 1.29 is 47.3 Å². The first-order valence-electron chi connectivity index (χ1n) is 22.7. The zero-order valence-electron chi connectivity index (χ0n) is 37.2. The molecule has 352 valence electrons. The number of benzene rings is 4. The Morgan fingerprint density at radius 2 is 1.73 bits per heavy atom. The van der Waals surface area contributed by atoms with Gasteiger partial charge >= 0.3 is 6.03 Å². The molecule has 15 nitrogen and oxygen atoms in total. The van der Waals surface area contributed by atoms with Crippen molar-refractivity contribution in [2.45, 2.75) is 75.5 Å². The van der Waals surface area contributed by atoms with Crippen molar-refractivity contribution in [3.8, 4) is 28.4 Å². The van der Waals surface area contributed by atoms with Gasteiger partial charge in [0.25, 0.3) is 0 Å². The number of nitrogens with one attached hydrogen (secondary N) is 2. The van der Waals surface area contributed by atoms with Crippen LogP contribution in [0.5, 0.6) is 17.2 Å². The first-order chi connectivity index (χ1) is 32.3. The molecule has 3 aliphatic heterocycles. The Labute approximate surface area is 390 Å². The van der Waals surface area contributed by atoms with Gasteiger partial charge in [0.05, 0.1) is 17.2 Å². The molecule has 67 heavy (non-hydrogen) atoms. The maximum atomic E-state index is 16.4. The number of hydrogen-bond acceptors (Lipinski definition) is 10. The van der Waals surface area contributed by atoms with Crippen LogP contribution in [0.25, 0.3) is 22.0 Å². The Kier molecular flexibility index (Phi) is 12.8. The van der Waals surface area contributed by atoms with Crippen LogP contribution in [0.15, 0.2) is 66.7 Å². The van der Waals surface area contributed by atoms with Gasteiger partial charge in [0.2, 0.25) is 17.7 Å². The van der Waals surface area contributed by atoms with Gasteiger partial charge in [-0.1, -0.05) is 54.9 Å². The van der Waals surface area contributed by atoms with Gasteiger partial charge in [0, 0.05) is 98.5 Å². The molecule has 9 rings (SSSR count). The van der Waals surface area contributed by atoms with Gasteiger partial charge < -0.3 is 35.3 Å². The molecule has 1 aliphatic carbocycles. The second-order valence-electron chi connectivity index (χ2n) is 17.7. The molecule has 2 atom stereocenters. The summed E-state index contributed by atoms with van der Waals surface area (Å²) in [4.78, 5) is 54.5. The Bertz CT molecular complexity index is 2740. The predicted octanol–water partition coefficient (Wildman–Crippen LogP) is 6.70. The Morgan fingerprint density at radius 1 is 0.985 bits per heavy atom. The highest BCUT2D eigenvalue weighted by atomic mass is 35.5. The number of urea groups is 1. The molecule has 3 fully saturated rings. The molecule has 2 saturated heterocycles. The summed E-state index contributed by atoms with van der Waals surface area (Å²) in [5.41, 5.74) is 5.93. The normalized spacial score (nSPS) is 22.1. The van der Waals surface area contributed by atoms with Gasteiger partial charge in [0.1, 0.15) is 35.5 Å². The summed E-state index contributed by atoms with van der Waals surface area (Å²) < 4.78 is 52.7.